The van der Waals surface area contributed by atoms with Gasteiger partial charge < -0.3 is 4.90 Å². The second-order valence-electron chi connectivity index (χ2n) is 5.05. The molecule has 0 aliphatic carbocycles. The fourth-order valence-electron chi connectivity index (χ4n) is 1.95. The van der Waals surface area contributed by atoms with Crippen LogP contribution in [0.2, 0.25) is 0 Å². The number of nitrogens with zero attached hydrogens (tertiary/aromatic N) is 2. The Hall–Kier alpha value is -2.03. The van der Waals surface area contributed by atoms with E-state index in [1.54, 1.807) is 30.3 Å². The number of carbonyl (C=O) groups is 1. The number of hydrogen-bond donors (Lipinski definition) is 0. The highest BCUT2D eigenvalue weighted by Gasteiger charge is 2.36. The average molecular weight is 298 g/mol. The van der Waals surface area contributed by atoms with E-state index < -0.39 is 30.6 Å². The number of alkyl halides is 3. The molecule has 114 valence electrons. The largest absolute Gasteiger partial charge is 0.406 e. The van der Waals surface area contributed by atoms with Gasteiger partial charge in [-0.3, -0.25) is 4.79 Å². The van der Waals surface area contributed by atoms with Gasteiger partial charge in [0.25, 0.3) is 0 Å². The van der Waals surface area contributed by atoms with Gasteiger partial charge in [0.15, 0.2) is 0 Å². The van der Waals surface area contributed by atoms with Crippen molar-refractivity contribution in [1.29, 1.82) is 5.26 Å². The van der Waals surface area contributed by atoms with E-state index in [2.05, 4.69) is 0 Å². The van der Waals surface area contributed by atoms with Crippen LogP contribution in [0.4, 0.5) is 13.2 Å². The molecule has 0 saturated carbocycles. The molecule has 0 radical (unpaired) electrons. The van der Waals surface area contributed by atoms with E-state index in [0.717, 1.165) is 5.56 Å². The molecular formula is C15H17F3N2O. The molecule has 0 spiro atoms. The Morgan fingerprint density at radius 1 is 1.29 bits per heavy atom. The second kappa shape index (κ2) is 7.11. The molecule has 1 aromatic carbocycles. The molecule has 0 aromatic heterocycles. The maximum Gasteiger partial charge on any atom is 0.406 e. The summed E-state index contributed by atoms with van der Waals surface area (Å²) in [5.74, 6) is -1.90. The van der Waals surface area contributed by atoms with E-state index >= 15 is 0 Å². The highest BCUT2D eigenvalue weighted by atomic mass is 19.4. The van der Waals surface area contributed by atoms with Gasteiger partial charge in [-0.1, -0.05) is 30.3 Å². The molecule has 0 aliphatic rings. The Labute approximate surface area is 122 Å². The van der Waals surface area contributed by atoms with E-state index in [-0.39, 0.29) is 6.42 Å². The van der Waals surface area contributed by atoms with Crippen LogP contribution in [0.25, 0.3) is 0 Å². The first-order valence-corrected chi connectivity index (χ1v) is 6.55. The highest BCUT2D eigenvalue weighted by molar-refractivity contribution is 5.81. The van der Waals surface area contributed by atoms with Crippen LogP contribution in [0.15, 0.2) is 30.3 Å². The van der Waals surface area contributed by atoms with E-state index in [1.807, 2.05) is 6.07 Å². The number of halogens is 3. The smallest absolute Gasteiger partial charge is 0.330 e. The number of nitriles is 1. The molecule has 0 fully saturated rings. The highest BCUT2D eigenvalue weighted by Crippen LogP contribution is 2.21. The van der Waals surface area contributed by atoms with E-state index in [0.29, 0.717) is 4.90 Å². The van der Waals surface area contributed by atoms with Gasteiger partial charge in [-0.05, 0) is 25.8 Å². The lowest BCUT2D eigenvalue weighted by atomic mass is 9.98. The summed E-state index contributed by atoms with van der Waals surface area (Å²) >= 11 is 0. The van der Waals surface area contributed by atoms with Crippen molar-refractivity contribution in [3.8, 4) is 6.07 Å². The molecule has 0 heterocycles. The van der Waals surface area contributed by atoms with Crippen molar-refractivity contribution in [3.05, 3.63) is 35.9 Å². The second-order valence-corrected chi connectivity index (χ2v) is 5.05. The van der Waals surface area contributed by atoms with Gasteiger partial charge in [0, 0.05) is 6.04 Å². The van der Waals surface area contributed by atoms with Gasteiger partial charge in [0.1, 0.15) is 12.5 Å². The van der Waals surface area contributed by atoms with Gasteiger partial charge in [-0.15, -0.1) is 0 Å². The zero-order valence-corrected chi connectivity index (χ0v) is 11.9. The number of rotatable bonds is 5. The van der Waals surface area contributed by atoms with Crippen LogP contribution in [0.3, 0.4) is 0 Å². The van der Waals surface area contributed by atoms with Gasteiger partial charge in [0.2, 0.25) is 5.91 Å². The summed E-state index contributed by atoms with van der Waals surface area (Å²) in [6.07, 6.45) is -4.37. The zero-order valence-electron chi connectivity index (χ0n) is 11.9. The number of amides is 1. The Bertz CT molecular complexity index is 506. The molecule has 0 saturated heterocycles. The summed E-state index contributed by atoms with van der Waals surface area (Å²) in [5.41, 5.74) is 0.744. The van der Waals surface area contributed by atoms with Crippen molar-refractivity contribution in [1.82, 2.24) is 4.90 Å². The molecule has 6 heteroatoms. The molecule has 1 aromatic rings. The van der Waals surface area contributed by atoms with Crippen molar-refractivity contribution in [2.45, 2.75) is 32.5 Å². The van der Waals surface area contributed by atoms with Crippen molar-refractivity contribution >= 4 is 5.91 Å². The molecule has 1 unspecified atom stereocenters. The van der Waals surface area contributed by atoms with Crippen LogP contribution in [0.1, 0.15) is 19.4 Å². The SMILES string of the molecule is CC(C)N(CC(F)(F)F)C(=O)C(C#N)Cc1ccccc1. The summed E-state index contributed by atoms with van der Waals surface area (Å²) in [4.78, 5) is 12.9. The molecule has 0 N–H and O–H groups in total. The summed E-state index contributed by atoms with van der Waals surface area (Å²) in [7, 11) is 0. The number of carbonyl (C=O) groups excluding carboxylic acids is 1. The minimum absolute atomic E-state index is 0.108. The molecule has 3 nitrogen and oxygen atoms in total. The monoisotopic (exact) mass is 298 g/mol. The molecule has 21 heavy (non-hydrogen) atoms. The molecule has 0 bridgehead atoms. The zero-order chi connectivity index (χ0) is 16.0. The lowest BCUT2D eigenvalue weighted by Gasteiger charge is -2.29. The van der Waals surface area contributed by atoms with Crippen LogP contribution in [0.5, 0.6) is 0 Å². The standard InChI is InChI=1S/C15H17F3N2O/c1-11(2)20(10-15(16,17)18)14(21)13(9-19)8-12-6-4-3-5-7-12/h3-7,11,13H,8,10H2,1-2H3. The Balaban J connectivity index is 2.87. The Kier molecular flexibility index (Phi) is 5.77. The number of benzene rings is 1. The average Bonchev–Trinajstić information content (AvgIpc) is 2.41. The first-order chi connectivity index (χ1) is 9.74. The topological polar surface area (TPSA) is 44.1 Å². The molecular weight excluding hydrogens is 281 g/mol. The molecule has 0 aliphatic heterocycles. The minimum Gasteiger partial charge on any atom is -0.330 e. The van der Waals surface area contributed by atoms with Crippen LogP contribution in [-0.2, 0) is 11.2 Å². The third-order valence-corrected chi connectivity index (χ3v) is 2.99. The van der Waals surface area contributed by atoms with Crippen molar-refractivity contribution in [3.63, 3.8) is 0 Å². The summed E-state index contributed by atoms with van der Waals surface area (Å²) in [5, 5.41) is 9.11. The van der Waals surface area contributed by atoms with Gasteiger partial charge in [0.05, 0.1) is 6.07 Å². The summed E-state index contributed by atoms with van der Waals surface area (Å²) in [6, 6.07) is 9.96. The third kappa shape index (κ3) is 5.46. The quantitative estimate of drug-likeness (QED) is 0.838. The normalized spacial score (nSPS) is 12.8. The first kappa shape index (κ1) is 17.0. The molecule has 1 rings (SSSR count). The predicted octanol–water partition coefficient (Wildman–Crippen LogP) is 3.17. The fourth-order valence-corrected chi connectivity index (χ4v) is 1.95. The van der Waals surface area contributed by atoms with Crippen molar-refractivity contribution < 1.29 is 18.0 Å². The van der Waals surface area contributed by atoms with Crippen LogP contribution in [0, 0.1) is 17.2 Å². The minimum atomic E-state index is -4.48. The van der Waals surface area contributed by atoms with Gasteiger partial charge >= 0.3 is 6.18 Å². The first-order valence-electron chi connectivity index (χ1n) is 6.55. The molecule has 1 amide bonds. The van der Waals surface area contributed by atoms with Crippen LogP contribution < -0.4 is 0 Å². The fraction of sp³-hybridized carbons (Fsp3) is 0.467. The summed E-state index contributed by atoms with van der Waals surface area (Å²) in [6.45, 7) is 1.66. The summed E-state index contributed by atoms with van der Waals surface area (Å²) < 4.78 is 37.6. The Morgan fingerprint density at radius 2 is 1.86 bits per heavy atom. The Morgan fingerprint density at radius 3 is 2.29 bits per heavy atom. The molecule has 1 atom stereocenters. The van der Waals surface area contributed by atoms with Crippen molar-refractivity contribution in [2.75, 3.05) is 6.54 Å². The van der Waals surface area contributed by atoms with E-state index in [1.165, 1.54) is 13.8 Å². The predicted molar refractivity (Wildman–Crippen MR) is 72.2 cm³/mol. The lowest BCUT2D eigenvalue weighted by Crippen LogP contribution is -2.46. The van der Waals surface area contributed by atoms with Crippen LogP contribution >= 0.6 is 0 Å². The van der Waals surface area contributed by atoms with E-state index in [9.17, 15) is 18.0 Å². The van der Waals surface area contributed by atoms with Gasteiger partial charge in [-0.2, -0.15) is 18.4 Å². The van der Waals surface area contributed by atoms with Crippen molar-refractivity contribution in [2.24, 2.45) is 5.92 Å². The van der Waals surface area contributed by atoms with E-state index in [4.69, 9.17) is 5.26 Å². The van der Waals surface area contributed by atoms with Gasteiger partial charge in [-0.25, -0.2) is 0 Å². The maximum absolute atomic E-state index is 12.5. The third-order valence-electron chi connectivity index (χ3n) is 2.99. The number of hydrogen-bond acceptors (Lipinski definition) is 2. The maximum atomic E-state index is 12.5. The lowest BCUT2D eigenvalue weighted by molar-refractivity contribution is -0.166. The van der Waals surface area contributed by atoms with Crippen LogP contribution in [-0.4, -0.2) is 29.6 Å².